The van der Waals surface area contributed by atoms with Gasteiger partial charge in [-0.05, 0) is 12.1 Å². The second-order valence-corrected chi connectivity index (χ2v) is 4.70. The van der Waals surface area contributed by atoms with Gasteiger partial charge < -0.3 is 10.1 Å². The molecule has 0 saturated carbocycles. The number of rotatable bonds is 4. The first kappa shape index (κ1) is 11.5. The van der Waals surface area contributed by atoms with E-state index in [9.17, 15) is 5.11 Å². The zero-order valence-corrected chi connectivity index (χ0v) is 10.0. The summed E-state index contributed by atoms with van der Waals surface area (Å²) in [5, 5.41) is 10.5. The number of thioether (sulfide) groups is 1. The van der Waals surface area contributed by atoms with Crippen LogP contribution in [-0.2, 0) is 0 Å². The molecule has 16 heavy (non-hydrogen) atoms. The fourth-order valence-electron chi connectivity index (χ4n) is 1.27. The van der Waals surface area contributed by atoms with E-state index < -0.39 is 6.10 Å². The second kappa shape index (κ2) is 5.39. The lowest BCUT2D eigenvalue weighted by molar-refractivity contribution is 0.195. The predicted octanol–water partition coefficient (Wildman–Crippen LogP) is 2.89. The standard InChI is InChI=1S/C11H11ClN2OS/c12-8-3-1-2-4-10(8)16-7-9(15)11-13-5-6-14-11/h1-6,9,15H,7H2,(H,13,14). The van der Waals surface area contributed by atoms with Gasteiger partial charge in [0.25, 0.3) is 0 Å². The van der Waals surface area contributed by atoms with Crippen molar-refractivity contribution in [2.45, 2.75) is 11.0 Å². The van der Waals surface area contributed by atoms with E-state index in [1.807, 2.05) is 24.3 Å². The van der Waals surface area contributed by atoms with Gasteiger partial charge in [0, 0.05) is 23.0 Å². The van der Waals surface area contributed by atoms with Gasteiger partial charge in [0.05, 0.1) is 5.02 Å². The molecule has 0 aliphatic rings. The van der Waals surface area contributed by atoms with Gasteiger partial charge in [-0.1, -0.05) is 23.7 Å². The summed E-state index contributed by atoms with van der Waals surface area (Å²) in [5.41, 5.74) is 0. The largest absolute Gasteiger partial charge is 0.384 e. The Morgan fingerprint density at radius 1 is 1.44 bits per heavy atom. The van der Waals surface area contributed by atoms with Crippen LogP contribution in [0.1, 0.15) is 11.9 Å². The summed E-state index contributed by atoms with van der Waals surface area (Å²) >= 11 is 7.52. The summed E-state index contributed by atoms with van der Waals surface area (Å²) in [6.45, 7) is 0. The van der Waals surface area contributed by atoms with Gasteiger partial charge >= 0.3 is 0 Å². The van der Waals surface area contributed by atoms with Gasteiger partial charge in [0.2, 0.25) is 0 Å². The number of benzene rings is 1. The Hall–Kier alpha value is -0.970. The normalized spacial score (nSPS) is 12.6. The lowest BCUT2D eigenvalue weighted by Gasteiger charge is -2.08. The van der Waals surface area contributed by atoms with Crippen molar-refractivity contribution in [1.29, 1.82) is 0 Å². The van der Waals surface area contributed by atoms with E-state index in [4.69, 9.17) is 11.6 Å². The molecule has 0 bridgehead atoms. The van der Waals surface area contributed by atoms with Crippen LogP contribution in [0.5, 0.6) is 0 Å². The first-order valence-electron chi connectivity index (χ1n) is 4.82. The maximum absolute atomic E-state index is 9.80. The van der Waals surface area contributed by atoms with Gasteiger partial charge in [-0.3, -0.25) is 0 Å². The highest BCUT2D eigenvalue weighted by Gasteiger charge is 2.11. The van der Waals surface area contributed by atoms with Crippen LogP contribution in [0.15, 0.2) is 41.6 Å². The average molecular weight is 255 g/mol. The van der Waals surface area contributed by atoms with Crippen molar-refractivity contribution in [3.63, 3.8) is 0 Å². The summed E-state index contributed by atoms with van der Waals surface area (Å²) < 4.78 is 0. The third-order valence-corrected chi connectivity index (χ3v) is 3.66. The summed E-state index contributed by atoms with van der Waals surface area (Å²) in [6.07, 6.45) is 2.72. The number of halogens is 1. The molecule has 1 aromatic heterocycles. The van der Waals surface area contributed by atoms with Crippen LogP contribution in [0.25, 0.3) is 0 Å². The summed E-state index contributed by atoms with van der Waals surface area (Å²) in [6, 6.07) is 7.58. The monoisotopic (exact) mass is 254 g/mol. The number of aromatic nitrogens is 2. The minimum absolute atomic E-state index is 0.525. The maximum atomic E-state index is 9.80. The van der Waals surface area contributed by atoms with Gasteiger partial charge in [0.15, 0.2) is 0 Å². The topological polar surface area (TPSA) is 48.9 Å². The van der Waals surface area contributed by atoms with Crippen LogP contribution in [0, 0.1) is 0 Å². The molecule has 1 unspecified atom stereocenters. The maximum Gasteiger partial charge on any atom is 0.135 e. The minimum Gasteiger partial charge on any atom is -0.384 e. The first-order chi connectivity index (χ1) is 7.77. The number of aliphatic hydroxyl groups is 1. The Morgan fingerprint density at radius 2 is 2.25 bits per heavy atom. The number of hydrogen-bond donors (Lipinski definition) is 2. The van der Waals surface area contributed by atoms with E-state index in [2.05, 4.69) is 9.97 Å². The summed E-state index contributed by atoms with van der Waals surface area (Å²) in [4.78, 5) is 7.85. The first-order valence-corrected chi connectivity index (χ1v) is 6.18. The van der Waals surface area contributed by atoms with Gasteiger partial charge in [0.1, 0.15) is 11.9 Å². The van der Waals surface area contributed by atoms with E-state index in [-0.39, 0.29) is 0 Å². The fourth-order valence-corrected chi connectivity index (χ4v) is 2.44. The molecule has 0 aliphatic carbocycles. The number of aliphatic hydroxyl groups excluding tert-OH is 1. The number of imidazole rings is 1. The third-order valence-electron chi connectivity index (χ3n) is 2.07. The summed E-state index contributed by atoms with van der Waals surface area (Å²) in [7, 11) is 0. The molecule has 0 saturated heterocycles. The van der Waals surface area contributed by atoms with Crippen molar-refractivity contribution < 1.29 is 5.11 Å². The van der Waals surface area contributed by atoms with Crippen LogP contribution in [0.4, 0.5) is 0 Å². The van der Waals surface area contributed by atoms with Crippen LogP contribution in [0.2, 0.25) is 5.02 Å². The quantitative estimate of drug-likeness (QED) is 0.825. The van der Waals surface area contributed by atoms with Crippen molar-refractivity contribution in [3.8, 4) is 0 Å². The molecular weight excluding hydrogens is 244 g/mol. The molecule has 2 N–H and O–H groups in total. The number of hydrogen-bond acceptors (Lipinski definition) is 3. The zero-order valence-electron chi connectivity index (χ0n) is 8.43. The van der Waals surface area contributed by atoms with E-state index in [0.29, 0.717) is 16.6 Å². The van der Waals surface area contributed by atoms with Crippen molar-refractivity contribution in [2.24, 2.45) is 0 Å². The van der Waals surface area contributed by atoms with E-state index in [1.54, 1.807) is 12.4 Å². The van der Waals surface area contributed by atoms with E-state index >= 15 is 0 Å². The Labute approximate surface area is 103 Å². The molecule has 0 aliphatic heterocycles. The number of nitrogens with one attached hydrogen (secondary N) is 1. The van der Waals surface area contributed by atoms with Crippen LogP contribution in [0.3, 0.4) is 0 Å². The molecule has 0 amide bonds. The van der Waals surface area contributed by atoms with Crippen LogP contribution in [-0.4, -0.2) is 20.8 Å². The highest BCUT2D eigenvalue weighted by molar-refractivity contribution is 7.99. The molecule has 1 heterocycles. The Bertz CT molecular complexity index is 447. The highest BCUT2D eigenvalue weighted by Crippen LogP contribution is 2.29. The number of nitrogens with zero attached hydrogens (tertiary/aromatic N) is 1. The van der Waals surface area contributed by atoms with Crippen molar-refractivity contribution >= 4 is 23.4 Å². The predicted molar refractivity (Wildman–Crippen MR) is 65.7 cm³/mol. The van der Waals surface area contributed by atoms with Crippen molar-refractivity contribution in [1.82, 2.24) is 9.97 Å². The van der Waals surface area contributed by atoms with E-state index in [0.717, 1.165) is 4.90 Å². The Morgan fingerprint density at radius 3 is 2.94 bits per heavy atom. The molecule has 0 radical (unpaired) electrons. The van der Waals surface area contributed by atoms with Crippen molar-refractivity contribution in [3.05, 3.63) is 47.5 Å². The molecule has 1 aromatic carbocycles. The SMILES string of the molecule is OC(CSc1ccccc1Cl)c1ncc[nH]1. The molecule has 5 heteroatoms. The number of aromatic amines is 1. The highest BCUT2D eigenvalue weighted by atomic mass is 35.5. The molecule has 2 rings (SSSR count). The second-order valence-electron chi connectivity index (χ2n) is 3.23. The van der Waals surface area contributed by atoms with E-state index in [1.165, 1.54) is 11.8 Å². The molecule has 1 atom stereocenters. The number of H-pyrrole nitrogens is 1. The fraction of sp³-hybridized carbons (Fsp3) is 0.182. The molecule has 3 nitrogen and oxygen atoms in total. The smallest absolute Gasteiger partial charge is 0.135 e. The lowest BCUT2D eigenvalue weighted by Crippen LogP contribution is -2.02. The Balaban J connectivity index is 1.95. The zero-order chi connectivity index (χ0) is 11.4. The van der Waals surface area contributed by atoms with Gasteiger partial charge in [-0.2, -0.15) is 0 Å². The molecule has 2 aromatic rings. The van der Waals surface area contributed by atoms with Crippen molar-refractivity contribution in [2.75, 3.05) is 5.75 Å². The third kappa shape index (κ3) is 2.78. The molecule has 84 valence electrons. The molecule has 0 fully saturated rings. The Kier molecular flexibility index (Phi) is 3.88. The lowest BCUT2D eigenvalue weighted by atomic mass is 10.4. The average Bonchev–Trinajstić information content (AvgIpc) is 2.81. The summed E-state index contributed by atoms with van der Waals surface area (Å²) in [5.74, 6) is 1.11. The van der Waals surface area contributed by atoms with Gasteiger partial charge in [-0.15, -0.1) is 11.8 Å². The molecular formula is C11H11ClN2OS. The molecule has 0 spiro atoms. The van der Waals surface area contributed by atoms with Crippen LogP contribution >= 0.6 is 23.4 Å². The minimum atomic E-state index is -0.601. The van der Waals surface area contributed by atoms with Crippen LogP contribution < -0.4 is 0 Å². The van der Waals surface area contributed by atoms with Gasteiger partial charge in [-0.25, -0.2) is 4.98 Å².